The number of nitrogens with one attached hydrogen (secondary N) is 2. The summed E-state index contributed by atoms with van der Waals surface area (Å²) in [6, 6.07) is 0.238. The second-order valence-electron chi connectivity index (χ2n) is 3.70. The van der Waals surface area contributed by atoms with Gasteiger partial charge in [-0.05, 0) is 25.7 Å². The quantitative estimate of drug-likeness (QED) is 0.548. The van der Waals surface area contributed by atoms with Crippen molar-refractivity contribution in [1.29, 1.82) is 0 Å². The van der Waals surface area contributed by atoms with Gasteiger partial charge in [-0.25, -0.2) is 10.2 Å². The first-order chi connectivity index (χ1) is 6.24. The molecule has 0 aromatic rings. The van der Waals surface area contributed by atoms with Crippen molar-refractivity contribution in [3.63, 3.8) is 0 Å². The highest BCUT2D eigenvalue weighted by molar-refractivity contribution is 5.63. The average molecular weight is 186 g/mol. The minimum absolute atomic E-state index is 0.238. The second-order valence-corrected chi connectivity index (χ2v) is 3.70. The second kappa shape index (κ2) is 3.51. The molecule has 2 saturated heterocycles. The van der Waals surface area contributed by atoms with Gasteiger partial charge in [0, 0.05) is 6.04 Å². The van der Waals surface area contributed by atoms with E-state index in [0.29, 0.717) is 12.2 Å². The summed E-state index contributed by atoms with van der Waals surface area (Å²) in [5.41, 5.74) is 4.99. The Labute approximate surface area is 76.4 Å². The van der Waals surface area contributed by atoms with E-state index in [4.69, 9.17) is 9.84 Å². The minimum atomic E-state index is -1.03. The maximum atomic E-state index is 10.2. The molecular weight excluding hydrogens is 172 g/mol. The SMILES string of the molecule is O=C(O)NNC1CC2CCC(C1)O2. The standard InChI is InChI=1S/C8H14N2O3/c11-8(12)10-9-5-3-6-1-2-7(4-5)13-6/h5-7,9-10H,1-4H2,(H,11,12). The third kappa shape index (κ3) is 2.10. The van der Waals surface area contributed by atoms with Crippen LogP contribution in [0.1, 0.15) is 25.7 Å². The molecule has 2 aliphatic rings. The molecule has 74 valence electrons. The van der Waals surface area contributed by atoms with E-state index in [2.05, 4.69) is 10.9 Å². The molecule has 2 bridgehead atoms. The summed E-state index contributed by atoms with van der Waals surface area (Å²) in [4.78, 5) is 10.2. The van der Waals surface area contributed by atoms with Gasteiger partial charge in [0.05, 0.1) is 12.2 Å². The first-order valence-corrected chi connectivity index (χ1v) is 4.64. The largest absolute Gasteiger partial charge is 0.464 e. The first kappa shape index (κ1) is 8.77. The van der Waals surface area contributed by atoms with E-state index >= 15 is 0 Å². The Balaban J connectivity index is 1.78. The van der Waals surface area contributed by atoms with Crippen LogP contribution in [0.25, 0.3) is 0 Å². The van der Waals surface area contributed by atoms with Crippen molar-refractivity contribution in [2.24, 2.45) is 0 Å². The molecule has 0 aromatic heterocycles. The number of amides is 1. The highest BCUT2D eigenvalue weighted by Gasteiger charge is 2.34. The molecule has 0 radical (unpaired) electrons. The van der Waals surface area contributed by atoms with Crippen LogP contribution in [-0.2, 0) is 4.74 Å². The van der Waals surface area contributed by atoms with E-state index in [9.17, 15) is 4.79 Å². The van der Waals surface area contributed by atoms with Crippen LogP contribution in [0.15, 0.2) is 0 Å². The zero-order valence-corrected chi connectivity index (χ0v) is 7.32. The molecule has 2 heterocycles. The van der Waals surface area contributed by atoms with Gasteiger partial charge in [0.15, 0.2) is 0 Å². The third-order valence-corrected chi connectivity index (χ3v) is 2.67. The summed E-state index contributed by atoms with van der Waals surface area (Å²) in [6.45, 7) is 0. The third-order valence-electron chi connectivity index (χ3n) is 2.67. The molecule has 0 spiro atoms. The normalized spacial score (nSPS) is 37.4. The predicted molar refractivity (Wildman–Crippen MR) is 45.2 cm³/mol. The maximum Gasteiger partial charge on any atom is 0.419 e. The molecular formula is C8H14N2O3. The Hall–Kier alpha value is -0.810. The van der Waals surface area contributed by atoms with Crippen molar-refractivity contribution in [3.05, 3.63) is 0 Å². The monoisotopic (exact) mass is 186 g/mol. The van der Waals surface area contributed by atoms with Crippen LogP contribution in [0, 0.1) is 0 Å². The Bertz CT molecular complexity index is 198. The average Bonchev–Trinajstić information content (AvgIpc) is 2.42. The summed E-state index contributed by atoms with van der Waals surface area (Å²) in [7, 11) is 0. The van der Waals surface area contributed by atoms with E-state index < -0.39 is 6.09 Å². The Morgan fingerprint density at radius 1 is 1.31 bits per heavy atom. The molecule has 13 heavy (non-hydrogen) atoms. The van der Waals surface area contributed by atoms with Crippen molar-refractivity contribution in [2.45, 2.75) is 43.9 Å². The molecule has 0 aliphatic carbocycles. The lowest BCUT2D eigenvalue weighted by atomic mass is 10.1. The van der Waals surface area contributed by atoms with Crippen molar-refractivity contribution in [3.8, 4) is 0 Å². The highest BCUT2D eigenvalue weighted by Crippen LogP contribution is 2.31. The minimum Gasteiger partial charge on any atom is -0.464 e. The lowest BCUT2D eigenvalue weighted by molar-refractivity contribution is -0.0108. The van der Waals surface area contributed by atoms with Crippen molar-refractivity contribution in [1.82, 2.24) is 10.9 Å². The molecule has 1 amide bonds. The van der Waals surface area contributed by atoms with Crippen molar-refractivity contribution < 1.29 is 14.6 Å². The summed E-state index contributed by atoms with van der Waals surface area (Å²) < 4.78 is 5.62. The molecule has 5 nitrogen and oxygen atoms in total. The molecule has 5 heteroatoms. The molecule has 3 N–H and O–H groups in total. The molecule has 2 fully saturated rings. The molecule has 2 aliphatic heterocycles. The first-order valence-electron chi connectivity index (χ1n) is 4.64. The number of carboxylic acid groups (broad SMARTS) is 1. The van der Waals surface area contributed by atoms with Crippen LogP contribution in [0.5, 0.6) is 0 Å². The van der Waals surface area contributed by atoms with Crippen molar-refractivity contribution >= 4 is 6.09 Å². The van der Waals surface area contributed by atoms with E-state index in [1.165, 1.54) is 0 Å². The summed E-state index contributed by atoms with van der Waals surface area (Å²) in [5, 5.41) is 8.39. The number of hydrogen-bond donors (Lipinski definition) is 3. The van der Waals surface area contributed by atoms with Gasteiger partial charge in [-0.2, -0.15) is 0 Å². The zero-order valence-electron chi connectivity index (χ0n) is 7.32. The van der Waals surface area contributed by atoms with Gasteiger partial charge in [-0.1, -0.05) is 0 Å². The number of rotatable bonds is 2. The number of carbonyl (C=O) groups is 1. The van der Waals surface area contributed by atoms with Gasteiger partial charge in [0.1, 0.15) is 0 Å². The summed E-state index contributed by atoms with van der Waals surface area (Å²) in [5.74, 6) is 0. The van der Waals surface area contributed by atoms with E-state index in [1.807, 2.05) is 0 Å². The highest BCUT2D eigenvalue weighted by atomic mass is 16.5. The number of fused-ring (bicyclic) bond motifs is 2. The van der Waals surface area contributed by atoms with Crippen LogP contribution in [0.2, 0.25) is 0 Å². The fourth-order valence-corrected chi connectivity index (χ4v) is 2.14. The molecule has 0 saturated carbocycles. The van der Waals surface area contributed by atoms with Crippen molar-refractivity contribution in [2.75, 3.05) is 0 Å². The summed E-state index contributed by atoms with van der Waals surface area (Å²) in [6.07, 6.45) is 3.72. The van der Waals surface area contributed by atoms with E-state index in [0.717, 1.165) is 25.7 Å². The van der Waals surface area contributed by atoms with Gasteiger partial charge in [0.2, 0.25) is 0 Å². The van der Waals surface area contributed by atoms with E-state index in [-0.39, 0.29) is 6.04 Å². The predicted octanol–water partition coefficient (Wildman–Crippen LogP) is 0.469. The Morgan fingerprint density at radius 2 is 1.92 bits per heavy atom. The smallest absolute Gasteiger partial charge is 0.419 e. The maximum absolute atomic E-state index is 10.2. The zero-order chi connectivity index (χ0) is 9.26. The van der Waals surface area contributed by atoms with Crippen LogP contribution in [-0.4, -0.2) is 29.4 Å². The van der Waals surface area contributed by atoms with Crippen LogP contribution < -0.4 is 10.9 Å². The number of hydrogen-bond acceptors (Lipinski definition) is 3. The molecule has 2 rings (SSSR count). The number of ether oxygens (including phenoxy) is 1. The lowest BCUT2D eigenvalue weighted by Gasteiger charge is -2.28. The van der Waals surface area contributed by atoms with Crippen LogP contribution >= 0.6 is 0 Å². The van der Waals surface area contributed by atoms with Crippen LogP contribution in [0.4, 0.5) is 4.79 Å². The van der Waals surface area contributed by atoms with Gasteiger partial charge in [0.25, 0.3) is 0 Å². The summed E-state index contributed by atoms with van der Waals surface area (Å²) >= 11 is 0. The fourth-order valence-electron chi connectivity index (χ4n) is 2.14. The topological polar surface area (TPSA) is 70.6 Å². The fraction of sp³-hybridized carbons (Fsp3) is 0.875. The van der Waals surface area contributed by atoms with E-state index in [1.54, 1.807) is 0 Å². The van der Waals surface area contributed by atoms with Gasteiger partial charge >= 0.3 is 6.09 Å². The van der Waals surface area contributed by atoms with Crippen LogP contribution in [0.3, 0.4) is 0 Å². The molecule has 2 atom stereocenters. The number of hydrazine groups is 1. The van der Waals surface area contributed by atoms with Gasteiger partial charge in [-0.3, -0.25) is 5.43 Å². The van der Waals surface area contributed by atoms with Gasteiger partial charge in [-0.15, -0.1) is 0 Å². The Kier molecular flexibility index (Phi) is 2.37. The lowest BCUT2D eigenvalue weighted by Crippen LogP contribution is -2.47. The van der Waals surface area contributed by atoms with Gasteiger partial charge < -0.3 is 9.84 Å². The Morgan fingerprint density at radius 3 is 2.46 bits per heavy atom. The molecule has 0 aromatic carbocycles. The molecule has 2 unspecified atom stereocenters.